The third-order valence-electron chi connectivity index (χ3n) is 6.19. The number of Topliss-reactive ketones (excluding diaryl/α,β-unsaturated/α-hetero) is 2. The molecule has 0 saturated carbocycles. The Morgan fingerprint density at radius 1 is 0.733 bits per heavy atom. The lowest BCUT2D eigenvalue weighted by atomic mass is 9.99. The fourth-order valence-electron chi connectivity index (χ4n) is 4.03. The third kappa shape index (κ3) is 8.11. The van der Waals surface area contributed by atoms with E-state index in [1.54, 1.807) is 42.7 Å². The smallest absolute Gasteiger partial charge is 0.341 e. The summed E-state index contributed by atoms with van der Waals surface area (Å²) in [6.07, 6.45) is 5.69. The van der Waals surface area contributed by atoms with Gasteiger partial charge in [0.25, 0.3) is 0 Å². The number of methoxy groups -OCH3 is 2. The number of hydrogen-bond donors (Lipinski definition) is 1. The number of carbonyl (C=O) groups is 4. The number of ether oxygens (including phenoxy) is 2. The van der Waals surface area contributed by atoms with E-state index in [0.717, 1.165) is 0 Å². The minimum Gasteiger partial charge on any atom is -0.506 e. The first-order valence-electron chi connectivity index (χ1n) is 12.7. The number of pyridine rings is 2. The molecule has 0 fully saturated rings. The Morgan fingerprint density at radius 3 is 1.89 bits per heavy atom. The second kappa shape index (κ2) is 16.0. The zero-order valence-electron chi connectivity index (χ0n) is 23.0. The van der Waals surface area contributed by atoms with Gasteiger partial charge in [0.1, 0.15) is 22.6 Å². The Hall–Kier alpha value is -5.97. The summed E-state index contributed by atoms with van der Waals surface area (Å²) in [5, 5.41) is 10.3. The Labute approximate surface area is 259 Å². The second-order valence-corrected chi connectivity index (χ2v) is 8.84. The largest absolute Gasteiger partial charge is 0.506 e. The van der Waals surface area contributed by atoms with Crippen molar-refractivity contribution in [3.63, 3.8) is 0 Å². The van der Waals surface area contributed by atoms with Crippen LogP contribution in [0, 0.1) is 0 Å². The maximum Gasteiger partial charge on any atom is 0.341 e. The molecule has 3 heterocycles. The molecule has 11 heteroatoms. The van der Waals surface area contributed by atoms with Crippen LogP contribution < -0.4 is 5.43 Å². The van der Waals surface area contributed by atoms with Gasteiger partial charge in [-0.15, -0.1) is 0 Å². The number of rotatable bonds is 7. The van der Waals surface area contributed by atoms with E-state index in [-0.39, 0.29) is 42.6 Å². The van der Waals surface area contributed by atoms with Gasteiger partial charge in [0.15, 0.2) is 22.6 Å². The number of esters is 2. The van der Waals surface area contributed by atoms with Crippen molar-refractivity contribution >= 4 is 34.5 Å². The number of aromatic hydroxyl groups is 1. The minimum absolute atomic E-state index is 0. The van der Waals surface area contributed by atoms with Gasteiger partial charge in [-0.1, -0.05) is 27.0 Å². The van der Waals surface area contributed by atoms with E-state index in [4.69, 9.17) is 9.15 Å². The number of carbonyl (C=O) groups excluding carboxylic acids is 4. The number of phenols is 1. The van der Waals surface area contributed by atoms with Crippen molar-refractivity contribution in [2.45, 2.75) is 21.3 Å². The molecule has 45 heavy (non-hydrogen) atoms. The summed E-state index contributed by atoms with van der Waals surface area (Å²) in [5.74, 6) is -2.38. The van der Waals surface area contributed by atoms with E-state index in [1.807, 2.05) is 0 Å². The van der Waals surface area contributed by atoms with Gasteiger partial charge in [-0.25, -0.2) is 9.59 Å². The molecule has 0 atom stereocenters. The van der Waals surface area contributed by atoms with Crippen LogP contribution >= 0.6 is 0 Å². The summed E-state index contributed by atoms with van der Waals surface area (Å²) in [4.78, 5) is 67.4. The van der Waals surface area contributed by atoms with Gasteiger partial charge in [-0.3, -0.25) is 24.4 Å². The zero-order chi connectivity index (χ0) is 30.9. The number of benzene rings is 2. The first-order valence-corrected chi connectivity index (χ1v) is 12.7. The molecule has 0 amide bonds. The third-order valence-corrected chi connectivity index (χ3v) is 6.19. The van der Waals surface area contributed by atoms with Crippen LogP contribution in [-0.2, 0) is 9.47 Å². The number of fused-ring (bicyclic) bond motifs is 1. The maximum atomic E-state index is 12.2. The van der Waals surface area contributed by atoms with Gasteiger partial charge in [0.05, 0.1) is 31.6 Å². The zero-order valence-corrected chi connectivity index (χ0v) is 23.0. The highest BCUT2D eigenvalue weighted by molar-refractivity contribution is 6.15. The lowest BCUT2D eigenvalue weighted by molar-refractivity contribution is 0.0590. The summed E-state index contributed by atoms with van der Waals surface area (Å²) in [5.41, 5.74) is 1.09. The highest BCUT2D eigenvalue weighted by Gasteiger charge is 2.21. The fourth-order valence-corrected chi connectivity index (χ4v) is 4.03. The molecule has 0 spiro atoms. The van der Waals surface area contributed by atoms with Crippen LogP contribution in [0.15, 0.2) is 101 Å². The quantitative estimate of drug-likeness (QED) is 0.131. The molecule has 0 unspecified atom stereocenters. The average molecular weight is 613 g/mol. The van der Waals surface area contributed by atoms with Crippen molar-refractivity contribution in [3.8, 4) is 17.1 Å². The molecular formula is C34H32N2O9. The van der Waals surface area contributed by atoms with Crippen LogP contribution in [0.3, 0.4) is 0 Å². The molecule has 5 rings (SSSR count). The molecule has 0 aliphatic heterocycles. The van der Waals surface area contributed by atoms with Gasteiger partial charge in [0, 0.05) is 42.0 Å². The van der Waals surface area contributed by atoms with E-state index in [2.05, 4.69) is 14.7 Å². The molecular weight excluding hydrogens is 580 g/mol. The van der Waals surface area contributed by atoms with Crippen LogP contribution in [-0.4, -0.2) is 52.8 Å². The van der Waals surface area contributed by atoms with Crippen LogP contribution in [0.4, 0.5) is 0 Å². The predicted molar refractivity (Wildman–Crippen MR) is 167 cm³/mol. The van der Waals surface area contributed by atoms with Crippen molar-refractivity contribution in [1.82, 2.24) is 9.97 Å². The topological polar surface area (TPSA) is 163 Å². The van der Waals surface area contributed by atoms with Gasteiger partial charge < -0.3 is 19.0 Å². The lowest BCUT2D eigenvalue weighted by Gasteiger charge is -2.07. The van der Waals surface area contributed by atoms with E-state index in [9.17, 15) is 29.1 Å². The fraction of sp³-hybridized carbons (Fsp3) is 0.147. The maximum absolute atomic E-state index is 12.2. The number of phenolic OH excluding ortho intramolecular Hbond substituents is 1. The summed E-state index contributed by atoms with van der Waals surface area (Å²) >= 11 is 0. The van der Waals surface area contributed by atoms with E-state index in [0.29, 0.717) is 22.3 Å². The monoisotopic (exact) mass is 612 g/mol. The number of para-hydroxylation sites is 2. The first kappa shape index (κ1) is 35.2. The van der Waals surface area contributed by atoms with Gasteiger partial charge in [-0.05, 0) is 48.5 Å². The molecule has 11 nitrogen and oxygen atoms in total. The van der Waals surface area contributed by atoms with E-state index >= 15 is 0 Å². The van der Waals surface area contributed by atoms with Crippen LogP contribution in [0.5, 0.6) is 5.75 Å². The number of aromatic nitrogens is 2. The molecule has 0 bridgehead atoms. The van der Waals surface area contributed by atoms with Crippen molar-refractivity contribution in [2.75, 3.05) is 14.2 Å². The molecule has 2 aromatic carbocycles. The summed E-state index contributed by atoms with van der Waals surface area (Å²) in [6, 6.07) is 16.8. The van der Waals surface area contributed by atoms with Crippen molar-refractivity contribution in [1.29, 1.82) is 0 Å². The Kier molecular flexibility index (Phi) is 12.6. The van der Waals surface area contributed by atoms with Crippen molar-refractivity contribution < 1.29 is 38.2 Å². The standard InChI is InChI=1S/C16H13NO5.C16H11NO4.2CH4/c1-22-16(21)12-4-2-3-11(15(12)20)14(19)9-13(18)10-5-7-17-8-6-10;1-20-16(19)12-4-2-3-11-13(18)9-14(21-15(11)12)10-5-7-17-8-6-10;;/h2-8,20H,9H2,1H3;2-9H,1H3;2*1H4. The van der Waals surface area contributed by atoms with Gasteiger partial charge in [0.2, 0.25) is 0 Å². The summed E-state index contributed by atoms with van der Waals surface area (Å²) in [6.45, 7) is 0. The SMILES string of the molecule is C.C.COC(=O)c1cccc(C(=O)CC(=O)c2ccncc2)c1O.COC(=O)c1cccc2c(=O)cc(-c3ccncc3)oc12. The van der Waals surface area contributed by atoms with E-state index < -0.39 is 35.7 Å². The molecule has 0 aliphatic carbocycles. The van der Waals surface area contributed by atoms with Crippen LogP contribution in [0.25, 0.3) is 22.3 Å². The first-order chi connectivity index (χ1) is 20.7. The van der Waals surface area contributed by atoms with Crippen molar-refractivity contribution in [3.05, 3.63) is 124 Å². The summed E-state index contributed by atoms with van der Waals surface area (Å²) in [7, 11) is 2.45. The number of ketones is 2. The molecule has 0 aliphatic rings. The van der Waals surface area contributed by atoms with Gasteiger partial charge >= 0.3 is 11.9 Å². The van der Waals surface area contributed by atoms with Crippen molar-refractivity contribution in [2.24, 2.45) is 0 Å². The Balaban J connectivity index is 0.000000300. The molecule has 0 saturated heterocycles. The lowest BCUT2D eigenvalue weighted by Crippen LogP contribution is -2.10. The molecule has 3 aromatic heterocycles. The highest BCUT2D eigenvalue weighted by atomic mass is 16.5. The highest BCUT2D eigenvalue weighted by Crippen LogP contribution is 2.26. The number of hydrogen-bond acceptors (Lipinski definition) is 11. The molecule has 1 N–H and O–H groups in total. The number of nitrogens with zero attached hydrogens (tertiary/aromatic N) is 2. The van der Waals surface area contributed by atoms with Gasteiger partial charge in [-0.2, -0.15) is 0 Å². The molecule has 0 radical (unpaired) electrons. The van der Waals surface area contributed by atoms with Crippen LogP contribution in [0.2, 0.25) is 0 Å². The normalized spacial score (nSPS) is 9.82. The molecule has 232 valence electrons. The Bertz CT molecular complexity index is 1870. The summed E-state index contributed by atoms with van der Waals surface area (Å²) < 4.78 is 15.0. The van der Waals surface area contributed by atoms with Crippen LogP contribution in [0.1, 0.15) is 62.7 Å². The second-order valence-electron chi connectivity index (χ2n) is 8.84. The molecule has 5 aromatic rings. The van der Waals surface area contributed by atoms with E-state index in [1.165, 1.54) is 63.0 Å². The minimum atomic E-state index is -0.757. The predicted octanol–water partition coefficient (Wildman–Crippen LogP) is 5.94. The Morgan fingerprint density at radius 2 is 1.27 bits per heavy atom. The average Bonchev–Trinajstić information content (AvgIpc) is 3.05.